The molecular formula is C10H11Cl3. The van der Waals surface area contributed by atoms with Gasteiger partial charge in [0.1, 0.15) is 0 Å². The van der Waals surface area contributed by atoms with Gasteiger partial charge in [-0.25, -0.2) is 0 Å². The molecule has 0 fully saturated rings. The Morgan fingerprint density at radius 2 is 1.62 bits per heavy atom. The van der Waals surface area contributed by atoms with E-state index in [0.717, 1.165) is 24.0 Å². The van der Waals surface area contributed by atoms with Crippen molar-refractivity contribution in [3.05, 3.63) is 32.3 Å². The largest absolute Gasteiger partial charge is 0.0840 e. The number of aryl methyl sites for hydroxylation is 1. The highest BCUT2D eigenvalue weighted by molar-refractivity contribution is 6.44. The number of halogens is 3. The highest BCUT2D eigenvalue weighted by Crippen LogP contribution is 2.35. The Labute approximate surface area is 93.8 Å². The van der Waals surface area contributed by atoms with Crippen molar-refractivity contribution in [3.63, 3.8) is 0 Å². The van der Waals surface area contributed by atoms with Gasteiger partial charge in [-0.1, -0.05) is 48.7 Å². The van der Waals surface area contributed by atoms with E-state index in [-0.39, 0.29) is 0 Å². The van der Waals surface area contributed by atoms with Crippen molar-refractivity contribution < 1.29 is 0 Å². The van der Waals surface area contributed by atoms with E-state index in [9.17, 15) is 0 Å². The molecule has 0 aromatic heterocycles. The summed E-state index contributed by atoms with van der Waals surface area (Å²) in [5.74, 6) is 0. The molecular weight excluding hydrogens is 226 g/mol. The van der Waals surface area contributed by atoms with Crippen LogP contribution in [0.3, 0.4) is 0 Å². The van der Waals surface area contributed by atoms with Crippen LogP contribution in [0.25, 0.3) is 0 Å². The zero-order chi connectivity index (χ0) is 10.0. The van der Waals surface area contributed by atoms with Crippen molar-refractivity contribution in [2.45, 2.75) is 26.7 Å². The summed E-state index contributed by atoms with van der Waals surface area (Å²) < 4.78 is 0. The molecule has 72 valence electrons. The van der Waals surface area contributed by atoms with Crippen LogP contribution in [0.1, 0.15) is 25.0 Å². The van der Waals surface area contributed by atoms with Crippen LogP contribution in [0.2, 0.25) is 15.1 Å². The first-order valence-corrected chi connectivity index (χ1v) is 5.40. The fourth-order valence-electron chi connectivity index (χ4n) is 1.26. The normalized spacial score (nSPS) is 10.5. The smallest absolute Gasteiger partial charge is 0.0641 e. The van der Waals surface area contributed by atoms with Crippen molar-refractivity contribution in [2.24, 2.45) is 0 Å². The van der Waals surface area contributed by atoms with Gasteiger partial charge in [-0.05, 0) is 30.0 Å². The first kappa shape index (κ1) is 11.2. The van der Waals surface area contributed by atoms with Crippen LogP contribution in [0.5, 0.6) is 0 Å². The van der Waals surface area contributed by atoms with Crippen LogP contribution in [0.4, 0.5) is 0 Å². The lowest BCUT2D eigenvalue weighted by Gasteiger charge is -2.09. The number of rotatable bonds is 2. The molecule has 0 aliphatic rings. The lowest BCUT2D eigenvalue weighted by atomic mass is 10.1. The molecule has 0 radical (unpaired) electrons. The molecule has 0 N–H and O–H groups in total. The predicted octanol–water partition coefficient (Wildman–Crippen LogP) is 4.77. The van der Waals surface area contributed by atoms with E-state index in [1.165, 1.54) is 0 Å². The van der Waals surface area contributed by atoms with Gasteiger partial charge in [0.05, 0.1) is 10.0 Å². The number of hydrogen-bond donors (Lipinski definition) is 0. The molecule has 0 atom stereocenters. The molecule has 0 heterocycles. The van der Waals surface area contributed by atoms with Crippen LogP contribution in [0.15, 0.2) is 6.07 Å². The van der Waals surface area contributed by atoms with E-state index in [0.29, 0.717) is 15.1 Å². The molecule has 3 heteroatoms. The van der Waals surface area contributed by atoms with Crippen LogP contribution in [-0.4, -0.2) is 0 Å². The predicted molar refractivity (Wildman–Crippen MR) is 60.2 cm³/mol. The second-order valence-corrected chi connectivity index (χ2v) is 3.99. The maximum atomic E-state index is 6.07. The third kappa shape index (κ3) is 2.12. The third-order valence-corrected chi connectivity index (χ3v) is 3.35. The number of benzene rings is 1. The Hall–Kier alpha value is 0.0900. The Bertz CT molecular complexity index is 318. The van der Waals surface area contributed by atoms with Gasteiger partial charge in [-0.2, -0.15) is 0 Å². The zero-order valence-electron chi connectivity index (χ0n) is 7.63. The maximum Gasteiger partial charge on any atom is 0.0641 e. The molecule has 0 aliphatic carbocycles. The van der Waals surface area contributed by atoms with Gasteiger partial charge in [0, 0.05) is 5.02 Å². The minimum absolute atomic E-state index is 0.605. The van der Waals surface area contributed by atoms with Gasteiger partial charge in [-0.3, -0.25) is 0 Å². The topological polar surface area (TPSA) is 0 Å². The van der Waals surface area contributed by atoms with Gasteiger partial charge in [0.2, 0.25) is 0 Å². The van der Waals surface area contributed by atoms with Gasteiger partial charge >= 0.3 is 0 Å². The molecule has 0 spiro atoms. The molecule has 1 rings (SSSR count). The van der Waals surface area contributed by atoms with E-state index in [2.05, 4.69) is 0 Å². The van der Waals surface area contributed by atoms with Crippen LogP contribution in [0, 0.1) is 0 Å². The summed E-state index contributed by atoms with van der Waals surface area (Å²) in [6, 6.07) is 1.90. The fourth-order valence-corrected chi connectivity index (χ4v) is 2.33. The van der Waals surface area contributed by atoms with Crippen molar-refractivity contribution in [3.8, 4) is 0 Å². The Morgan fingerprint density at radius 1 is 1.00 bits per heavy atom. The third-order valence-electron chi connectivity index (χ3n) is 2.06. The van der Waals surface area contributed by atoms with E-state index < -0.39 is 0 Å². The molecule has 0 amide bonds. The van der Waals surface area contributed by atoms with Crippen LogP contribution in [-0.2, 0) is 12.8 Å². The maximum absolute atomic E-state index is 6.07. The monoisotopic (exact) mass is 236 g/mol. The lowest BCUT2D eigenvalue weighted by Crippen LogP contribution is -1.91. The summed E-state index contributed by atoms with van der Waals surface area (Å²) in [7, 11) is 0. The van der Waals surface area contributed by atoms with Gasteiger partial charge in [-0.15, -0.1) is 0 Å². The lowest BCUT2D eigenvalue weighted by molar-refractivity contribution is 1.10. The first-order chi connectivity index (χ1) is 6.11. The summed E-state index contributed by atoms with van der Waals surface area (Å²) >= 11 is 18.2. The van der Waals surface area contributed by atoms with Crippen molar-refractivity contribution >= 4 is 34.8 Å². The Morgan fingerprint density at radius 3 is 2.08 bits per heavy atom. The average molecular weight is 238 g/mol. The van der Waals surface area contributed by atoms with E-state index in [1.54, 1.807) is 0 Å². The second kappa shape index (κ2) is 4.54. The van der Waals surface area contributed by atoms with Gasteiger partial charge in [0.25, 0.3) is 0 Å². The molecule has 1 aromatic rings. The van der Waals surface area contributed by atoms with E-state index in [4.69, 9.17) is 34.8 Å². The molecule has 0 saturated heterocycles. The summed E-state index contributed by atoms with van der Waals surface area (Å²) in [6.45, 7) is 4.04. The SMILES string of the molecule is CCc1cc(Cl)c(CC)c(Cl)c1Cl. The van der Waals surface area contributed by atoms with Gasteiger partial charge < -0.3 is 0 Å². The molecule has 13 heavy (non-hydrogen) atoms. The highest BCUT2D eigenvalue weighted by Gasteiger charge is 2.11. The molecule has 0 saturated carbocycles. The first-order valence-electron chi connectivity index (χ1n) is 4.27. The molecule has 0 bridgehead atoms. The summed E-state index contributed by atoms with van der Waals surface area (Å²) in [5.41, 5.74) is 1.94. The minimum atomic E-state index is 0.605. The molecule has 0 aliphatic heterocycles. The van der Waals surface area contributed by atoms with Crippen LogP contribution >= 0.6 is 34.8 Å². The second-order valence-electron chi connectivity index (χ2n) is 2.83. The standard InChI is InChI=1S/C10H11Cl3/c1-3-6-5-8(11)7(4-2)10(13)9(6)12/h5H,3-4H2,1-2H3. The number of hydrogen-bond acceptors (Lipinski definition) is 0. The Kier molecular flexibility index (Phi) is 3.90. The van der Waals surface area contributed by atoms with Crippen LogP contribution < -0.4 is 0 Å². The van der Waals surface area contributed by atoms with E-state index in [1.807, 2.05) is 19.9 Å². The Balaban J connectivity index is 3.37. The minimum Gasteiger partial charge on any atom is -0.0840 e. The van der Waals surface area contributed by atoms with E-state index >= 15 is 0 Å². The molecule has 0 nitrogen and oxygen atoms in total. The van der Waals surface area contributed by atoms with Gasteiger partial charge in [0.15, 0.2) is 0 Å². The van der Waals surface area contributed by atoms with Crippen molar-refractivity contribution in [1.29, 1.82) is 0 Å². The highest BCUT2D eigenvalue weighted by atomic mass is 35.5. The molecule has 0 unspecified atom stereocenters. The zero-order valence-corrected chi connectivity index (χ0v) is 9.89. The summed E-state index contributed by atoms with van der Waals surface area (Å²) in [5, 5.41) is 1.97. The average Bonchev–Trinajstić information content (AvgIpc) is 2.12. The molecule has 1 aromatic carbocycles. The fraction of sp³-hybridized carbons (Fsp3) is 0.400. The quantitative estimate of drug-likeness (QED) is 0.650. The summed E-state index contributed by atoms with van der Waals surface area (Å²) in [4.78, 5) is 0. The van der Waals surface area contributed by atoms with Crippen molar-refractivity contribution in [1.82, 2.24) is 0 Å². The summed E-state index contributed by atoms with van der Waals surface area (Å²) in [6.07, 6.45) is 1.66. The van der Waals surface area contributed by atoms with Crippen molar-refractivity contribution in [2.75, 3.05) is 0 Å².